The molecule has 1 aliphatic rings. The minimum atomic E-state index is -0.654. The minimum Gasteiger partial charge on any atom is -0.388 e. The van der Waals surface area contributed by atoms with E-state index in [1.165, 1.54) is 0 Å². The van der Waals surface area contributed by atoms with Gasteiger partial charge in [-0.05, 0) is 38.1 Å². The average Bonchev–Trinajstić information content (AvgIpc) is 2.72. The third-order valence-corrected chi connectivity index (χ3v) is 3.66. The van der Waals surface area contributed by atoms with E-state index < -0.39 is 5.60 Å². The molecule has 0 aliphatic carbocycles. The van der Waals surface area contributed by atoms with Crippen LogP contribution in [-0.2, 0) is 6.54 Å². The summed E-state index contributed by atoms with van der Waals surface area (Å²) in [7, 11) is 0. The van der Waals surface area contributed by atoms with Gasteiger partial charge in [-0.1, -0.05) is 11.6 Å². The molecule has 0 spiro atoms. The first-order valence-corrected chi connectivity index (χ1v) is 6.45. The summed E-state index contributed by atoms with van der Waals surface area (Å²) in [6.45, 7) is 2.26. The van der Waals surface area contributed by atoms with Crippen LogP contribution < -0.4 is 5.32 Å². The summed E-state index contributed by atoms with van der Waals surface area (Å²) < 4.78 is 1.95. The molecule has 2 aromatic heterocycles. The van der Waals surface area contributed by atoms with Gasteiger partial charge in [0.2, 0.25) is 0 Å². The second kappa shape index (κ2) is 5.63. The summed E-state index contributed by atoms with van der Waals surface area (Å²) in [6.07, 6.45) is 3.44. The zero-order chi connectivity index (χ0) is 12.6. The van der Waals surface area contributed by atoms with Gasteiger partial charge in [0.15, 0.2) is 10.8 Å². The molecule has 0 unspecified atom stereocenters. The maximum absolute atomic E-state index is 10.5. The van der Waals surface area contributed by atoms with E-state index in [9.17, 15) is 5.11 Å². The van der Waals surface area contributed by atoms with Crippen molar-refractivity contribution in [1.29, 1.82) is 0 Å². The number of hydrogen-bond donors (Lipinski definition) is 2. The van der Waals surface area contributed by atoms with Gasteiger partial charge < -0.3 is 15.0 Å². The van der Waals surface area contributed by atoms with Gasteiger partial charge in [0.05, 0.1) is 12.1 Å². The Bertz CT molecular complexity index is 566. The van der Waals surface area contributed by atoms with Gasteiger partial charge >= 0.3 is 0 Å². The van der Waals surface area contributed by atoms with E-state index in [0.717, 1.165) is 37.0 Å². The number of fused-ring (bicyclic) bond motifs is 1. The Balaban J connectivity index is 0.00000133. The van der Waals surface area contributed by atoms with Crippen LogP contribution in [0.4, 0.5) is 0 Å². The molecule has 0 amide bonds. The molecule has 1 saturated heterocycles. The Kier molecular flexibility index (Phi) is 4.30. The second-order valence-electron chi connectivity index (χ2n) is 4.86. The fourth-order valence-corrected chi connectivity index (χ4v) is 2.61. The summed E-state index contributed by atoms with van der Waals surface area (Å²) in [4.78, 5) is 0. The van der Waals surface area contributed by atoms with Crippen molar-refractivity contribution in [3.63, 3.8) is 0 Å². The van der Waals surface area contributed by atoms with Crippen LogP contribution in [0.15, 0.2) is 18.3 Å². The molecule has 19 heavy (non-hydrogen) atoms. The molecule has 0 atom stereocenters. The highest BCUT2D eigenvalue weighted by Gasteiger charge is 2.29. The lowest BCUT2D eigenvalue weighted by Crippen LogP contribution is -2.44. The van der Waals surface area contributed by atoms with Crippen molar-refractivity contribution in [1.82, 2.24) is 20.1 Å². The molecule has 0 aromatic carbocycles. The summed E-state index contributed by atoms with van der Waals surface area (Å²) in [6, 6.07) is 3.73. The highest BCUT2D eigenvalue weighted by molar-refractivity contribution is 6.29. The van der Waals surface area contributed by atoms with Crippen LogP contribution in [0.5, 0.6) is 0 Å². The lowest BCUT2D eigenvalue weighted by Gasteiger charge is -2.32. The van der Waals surface area contributed by atoms with Gasteiger partial charge in [-0.25, -0.2) is 0 Å². The molecule has 0 bridgehead atoms. The lowest BCUT2D eigenvalue weighted by molar-refractivity contribution is -0.00445. The van der Waals surface area contributed by atoms with E-state index in [-0.39, 0.29) is 12.4 Å². The van der Waals surface area contributed by atoms with Crippen LogP contribution in [0.1, 0.15) is 12.8 Å². The van der Waals surface area contributed by atoms with Crippen molar-refractivity contribution in [3.05, 3.63) is 23.5 Å². The highest BCUT2D eigenvalue weighted by Crippen LogP contribution is 2.23. The van der Waals surface area contributed by atoms with Gasteiger partial charge in [-0.15, -0.1) is 22.6 Å². The zero-order valence-electron chi connectivity index (χ0n) is 10.3. The molecule has 3 rings (SSSR count). The Morgan fingerprint density at radius 3 is 2.84 bits per heavy atom. The van der Waals surface area contributed by atoms with Gasteiger partial charge in [-0.2, -0.15) is 0 Å². The maximum Gasteiger partial charge on any atom is 0.162 e. The van der Waals surface area contributed by atoms with Crippen molar-refractivity contribution in [2.45, 2.75) is 25.0 Å². The molecule has 5 nitrogen and oxygen atoms in total. The third kappa shape index (κ3) is 3.00. The molecule has 1 aliphatic heterocycles. The Morgan fingerprint density at radius 1 is 1.37 bits per heavy atom. The molecule has 2 N–H and O–H groups in total. The number of halogens is 2. The highest BCUT2D eigenvalue weighted by atomic mass is 35.5. The number of rotatable bonds is 2. The predicted octanol–water partition coefficient (Wildman–Crippen LogP) is 1.62. The Morgan fingerprint density at radius 2 is 2.11 bits per heavy atom. The van der Waals surface area contributed by atoms with Gasteiger partial charge in [0.1, 0.15) is 0 Å². The normalized spacial score (nSPS) is 18.2. The molecular formula is C12H16Cl2N4O. The summed E-state index contributed by atoms with van der Waals surface area (Å²) >= 11 is 5.81. The molecule has 1 fully saturated rings. The molecule has 104 valence electrons. The maximum atomic E-state index is 10.5. The van der Waals surface area contributed by atoms with E-state index in [1.54, 1.807) is 6.07 Å². The number of nitrogens with zero attached hydrogens (tertiary/aromatic N) is 3. The van der Waals surface area contributed by atoms with E-state index in [0.29, 0.717) is 11.7 Å². The van der Waals surface area contributed by atoms with Gasteiger partial charge in [0, 0.05) is 11.6 Å². The standard InChI is InChI=1S/C12H15ClN4O.ClH/c13-10-7-9-1-6-17(11(9)16-15-10)8-12(18)2-4-14-5-3-12;/h1,6-7,14,18H,2-5,8H2;1H. The van der Waals surface area contributed by atoms with Crippen LogP contribution in [0.2, 0.25) is 5.15 Å². The summed E-state index contributed by atoms with van der Waals surface area (Å²) in [5.41, 5.74) is 0.116. The van der Waals surface area contributed by atoms with E-state index in [4.69, 9.17) is 11.6 Å². The Hall–Kier alpha value is -0.880. The number of piperidine rings is 1. The molecule has 3 heterocycles. The van der Waals surface area contributed by atoms with Crippen molar-refractivity contribution >= 4 is 35.0 Å². The first-order valence-electron chi connectivity index (χ1n) is 6.07. The fourth-order valence-electron chi connectivity index (χ4n) is 2.46. The van der Waals surface area contributed by atoms with Gasteiger partial charge in [-0.3, -0.25) is 0 Å². The Labute approximate surface area is 122 Å². The first-order chi connectivity index (χ1) is 8.66. The smallest absolute Gasteiger partial charge is 0.162 e. The van der Waals surface area contributed by atoms with Crippen LogP contribution in [-0.4, -0.2) is 38.6 Å². The average molecular weight is 303 g/mol. The van der Waals surface area contributed by atoms with Crippen molar-refractivity contribution in [3.8, 4) is 0 Å². The number of aliphatic hydroxyl groups is 1. The predicted molar refractivity (Wildman–Crippen MR) is 76.8 cm³/mol. The molecular weight excluding hydrogens is 287 g/mol. The minimum absolute atomic E-state index is 0. The fraction of sp³-hybridized carbons (Fsp3) is 0.500. The molecule has 7 heteroatoms. The molecule has 0 radical (unpaired) electrons. The largest absolute Gasteiger partial charge is 0.388 e. The van der Waals surface area contributed by atoms with Crippen LogP contribution in [0.3, 0.4) is 0 Å². The van der Waals surface area contributed by atoms with Crippen LogP contribution in [0.25, 0.3) is 11.0 Å². The molecule has 0 saturated carbocycles. The van der Waals surface area contributed by atoms with E-state index in [1.807, 2.05) is 16.8 Å². The lowest BCUT2D eigenvalue weighted by atomic mass is 9.92. The third-order valence-electron chi connectivity index (χ3n) is 3.48. The van der Waals surface area contributed by atoms with Crippen molar-refractivity contribution in [2.24, 2.45) is 0 Å². The van der Waals surface area contributed by atoms with Gasteiger partial charge in [0.25, 0.3) is 0 Å². The number of nitrogens with one attached hydrogen (secondary N) is 1. The molecule has 2 aromatic rings. The van der Waals surface area contributed by atoms with E-state index >= 15 is 0 Å². The summed E-state index contributed by atoms with van der Waals surface area (Å²) in [5.74, 6) is 0. The zero-order valence-corrected chi connectivity index (χ0v) is 11.9. The number of aromatic nitrogens is 3. The van der Waals surface area contributed by atoms with E-state index in [2.05, 4.69) is 15.5 Å². The van der Waals surface area contributed by atoms with Crippen LogP contribution in [0, 0.1) is 0 Å². The summed E-state index contributed by atoms with van der Waals surface area (Å²) in [5, 5.41) is 23.1. The quantitative estimate of drug-likeness (QED) is 0.885. The van der Waals surface area contributed by atoms with Crippen molar-refractivity contribution < 1.29 is 5.11 Å². The topological polar surface area (TPSA) is 63.0 Å². The second-order valence-corrected chi connectivity index (χ2v) is 5.25. The van der Waals surface area contributed by atoms with Crippen LogP contribution >= 0.6 is 24.0 Å². The van der Waals surface area contributed by atoms with Crippen molar-refractivity contribution in [2.75, 3.05) is 13.1 Å². The number of hydrogen-bond acceptors (Lipinski definition) is 4. The SMILES string of the molecule is Cl.OC1(Cn2ccc3cc(Cl)nnc32)CCNCC1. The monoisotopic (exact) mass is 302 g/mol. The first kappa shape index (κ1) is 14.5.